The summed E-state index contributed by atoms with van der Waals surface area (Å²) in [6, 6.07) is 1.96. The second-order valence-corrected chi connectivity index (χ2v) is 6.62. The third kappa shape index (κ3) is 2.92. The number of ether oxygens (including phenoxy) is 1. The van der Waals surface area contributed by atoms with Gasteiger partial charge in [0.25, 0.3) is 0 Å². The van der Waals surface area contributed by atoms with E-state index in [9.17, 15) is 4.79 Å². The molecule has 1 amide bonds. The summed E-state index contributed by atoms with van der Waals surface area (Å²) in [7, 11) is 0. The van der Waals surface area contributed by atoms with Crippen LogP contribution in [0.4, 0.5) is 0 Å². The van der Waals surface area contributed by atoms with E-state index in [2.05, 4.69) is 4.98 Å². The van der Waals surface area contributed by atoms with E-state index in [1.54, 1.807) is 22.7 Å². The first kappa shape index (κ1) is 13.7. The SMILES string of the molecule is Cc1nc([C@H]2COCCN2C(=O)Cc2ccsc2)cs1. The van der Waals surface area contributed by atoms with Crippen LogP contribution in [0, 0.1) is 6.92 Å². The van der Waals surface area contributed by atoms with Gasteiger partial charge in [-0.2, -0.15) is 11.3 Å². The average Bonchev–Trinajstić information content (AvgIpc) is 3.10. The minimum atomic E-state index is -0.0418. The number of thiazole rings is 1. The van der Waals surface area contributed by atoms with E-state index in [0.29, 0.717) is 26.2 Å². The van der Waals surface area contributed by atoms with Crippen molar-refractivity contribution >= 4 is 28.6 Å². The molecule has 6 heteroatoms. The van der Waals surface area contributed by atoms with Crippen LogP contribution in [0.15, 0.2) is 22.2 Å². The smallest absolute Gasteiger partial charge is 0.227 e. The van der Waals surface area contributed by atoms with Gasteiger partial charge in [-0.05, 0) is 29.3 Å². The van der Waals surface area contributed by atoms with Gasteiger partial charge in [0, 0.05) is 11.9 Å². The molecule has 0 aliphatic carbocycles. The fourth-order valence-corrected chi connectivity index (χ4v) is 3.68. The van der Waals surface area contributed by atoms with Gasteiger partial charge in [-0.25, -0.2) is 4.98 Å². The van der Waals surface area contributed by atoms with Crippen molar-refractivity contribution in [3.63, 3.8) is 0 Å². The number of nitrogens with zero attached hydrogens (tertiary/aromatic N) is 2. The Morgan fingerprint density at radius 1 is 1.55 bits per heavy atom. The fourth-order valence-electron chi connectivity index (χ4n) is 2.35. The zero-order valence-corrected chi connectivity index (χ0v) is 12.9. The maximum atomic E-state index is 12.5. The molecule has 1 aliphatic heterocycles. The topological polar surface area (TPSA) is 42.4 Å². The quantitative estimate of drug-likeness (QED) is 0.875. The first-order valence-electron chi connectivity index (χ1n) is 6.54. The van der Waals surface area contributed by atoms with Crippen LogP contribution in [0.5, 0.6) is 0 Å². The van der Waals surface area contributed by atoms with E-state index in [1.165, 1.54) is 0 Å². The highest BCUT2D eigenvalue weighted by molar-refractivity contribution is 7.09. The van der Waals surface area contributed by atoms with Gasteiger partial charge in [-0.15, -0.1) is 11.3 Å². The van der Waals surface area contributed by atoms with Crippen molar-refractivity contribution in [2.45, 2.75) is 19.4 Å². The van der Waals surface area contributed by atoms with Gasteiger partial charge in [0.15, 0.2) is 0 Å². The number of aromatic nitrogens is 1. The molecule has 0 unspecified atom stereocenters. The standard InChI is InChI=1S/C14H16N2O2S2/c1-10-15-12(9-20-10)13-7-18-4-3-16(13)14(17)6-11-2-5-19-8-11/h2,5,8-9,13H,3-4,6-7H2,1H3/t13-/m1/s1. The summed E-state index contributed by atoms with van der Waals surface area (Å²) in [6.45, 7) is 3.77. The number of amides is 1. The molecule has 0 radical (unpaired) electrons. The molecule has 0 bridgehead atoms. The molecule has 1 aliphatic rings. The van der Waals surface area contributed by atoms with Crippen molar-refractivity contribution in [3.8, 4) is 0 Å². The normalized spacial score (nSPS) is 19.2. The third-order valence-electron chi connectivity index (χ3n) is 3.36. The van der Waals surface area contributed by atoms with E-state index < -0.39 is 0 Å². The average molecular weight is 308 g/mol. The molecule has 2 aromatic heterocycles. The first-order chi connectivity index (χ1) is 9.74. The minimum absolute atomic E-state index is 0.0418. The minimum Gasteiger partial charge on any atom is -0.377 e. The van der Waals surface area contributed by atoms with Gasteiger partial charge < -0.3 is 9.64 Å². The Morgan fingerprint density at radius 2 is 2.45 bits per heavy atom. The molecule has 2 aromatic rings. The molecule has 4 nitrogen and oxygen atoms in total. The molecule has 1 fully saturated rings. The van der Waals surface area contributed by atoms with E-state index in [1.807, 2.05) is 34.0 Å². The second-order valence-electron chi connectivity index (χ2n) is 4.78. The highest BCUT2D eigenvalue weighted by Gasteiger charge is 2.30. The van der Waals surface area contributed by atoms with Crippen molar-refractivity contribution in [3.05, 3.63) is 38.5 Å². The van der Waals surface area contributed by atoms with Crippen LogP contribution in [-0.2, 0) is 16.0 Å². The number of morpholine rings is 1. The maximum absolute atomic E-state index is 12.5. The molecule has 3 rings (SSSR count). The zero-order chi connectivity index (χ0) is 13.9. The summed E-state index contributed by atoms with van der Waals surface area (Å²) in [6.07, 6.45) is 0.461. The summed E-state index contributed by atoms with van der Waals surface area (Å²) in [5, 5.41) is 7.08. The number of aryl methyl sites for hydroxylation is 1. The Labute approximate surface area is 126 Å². The van der Waals surface area contributed by atoms with Gasteiger partial charge in [0.2, 0.25) is 5.91 Å². The van der Waals surface area contributed by atoms with Crippen molar-refractivity contribution in [1.82, 2.24) is 9.88 Å². The van der Waals surface area contributed by atoms with Crippen molar-refractivity contribution in [2.24, 2.45) is 0 Å². The highest BCUT2D eigenvalue weighted by atomic mass is 32.1. The van der Waals surface area contributed by atoms with Crippen LogP contribution in [0.2, 0.25) is 0 Å². The van der Waals surface area contributed by atoms with Crippen molar-refractivity contribution in [2.75, 3.05) is 19.8 Å². The zero-order valence-electron chi connectivity index (χ0n) is 11.2. The third-order valence-corrected chi connectivity index (χ3v) is 4.89. The summed E-state index contributed by atoms with van der Waals surface area (Å²) >= 11 is 3.24. The Bertz CT molecular complexity index is 580. The number of hydrogen-bond acceptors (Lipinski definition) is 5. The lowest BCUT2D eigenvalue weighted by molar-refractivity contribution is -0.139. The molecular weight excluding hydrogens is 292 g/mol. The lowest BCUT2D eigenvalue weighted by atomic mass is 10.1. The van der Waals surface area contributed by atoms with Gasteiger partial charge in [0.1, 0.15) is 0 Å². The molecule has 20 heavy (non-hydrogen) atoms. The van der Waals surface area contributed by atoms with Crippen LogP contribution < -0.4 is 0 Å². The molecule has 0 N–H and O–H groups in total. The van der Waals surface area contributed by atoms with Crippen LogP contribution in [-0.4, -0.2) is 35.5 Å². The number of hydrogen-bond donors (Lipinski definition) is 0. The summed E-state index contributed by atoms with van der Waals surface area (Å²) in [5.74, 6) is 0.155. The number of carbonyl (C=O) groups excluding carboxylic acids is 1. The fraction of sp³-hybridized carbons (Fsp3) is 0.429. The second kappa shape index (κ2) is 6.03. The molecule has 0 aromatic carbocycles. The predicted octanol–water partition coefficient (Wildman–Crippen LogP) is 2.66. The molecule has 3 heterocycles. The molecule has 0 spiro atoms. The Morgan fingerprint density at radius 3 is 3.15 bits per heavy atom. The van der Waals surface area contributed by atoms with Gasteiger partial charge >= 0.3 is 0 Å². The first-order valence-corrected chi connectivity index (χ1v) is 8.36. The predicted molar refractivity (Wildman–Crippen MR) is 80.1 cm³/mol. The lowest BCUT2D eigenvalue weighted by Crippen LogP contribution is -2.44. The Balaban J connectivity index is 1.76. The molecule has 1 saturated heterocycles. The maximum Gasteiger partial charge on any atom is 0.227 e. The van der Waals surface area contributed by atoms with Crippen LogP contribution in [0.1, 0.15) is 22.3 Å². The molecular formula is C14H16N2O2S2. The summed E-state index contributed by atoms with van der Waals surface area (Å²) in [5.41, 5.74) is 2.03. The molecule has 1 atom stereocenters. The number of thiophene rings is 1. The summed E-state index contributed by atoms with van der Waals surface area (Å²) < 4.78 is 5.53. The highest BCUT2D eigenvalue weighted by Crippen LogP contribution is 2.26. The molecule has 106 valence electrons. The molecule has 0 saturated carbocycles. The summed E-state index contributed by atoms with van der Waals surface area (Å²) in [4.78, 5) is 18.9. The largest absolute Gasteiger partial charge is 0.377 e. The monoisotopic (exact) mass is 308 g/mol. The Kier molecular flexibility index (Phi) is 4.14. The Hall–Kier alpha value is -1.24. The van der Waals surface area contributed by atoms with E-state index in [4.69, 9.17) is 4.74 Å². The van der Waals surface area contributed by atoms with Crippen molar-refractivity contribution in [1.29, 1.82) is 0 Å². The number of rotatable bonds is 3. The number of carbonyl (C=O) groups is 1. The van der Waals surface area contributed by atoms with Crippen molar-refractivity contribution < 1.29 is 9.53 Å². The van der Waals surface area contributed by atoms with Crippen LogP contribution >= 0.6 is 22.7 Å². The van der Waals surface area contributed by atoms with Crippen LogP contribution in [0.3, 0.4) is 0 Å². The van der Waals surface area contributed by atoms with E-state index in [-0.39, 0.29) is 11.9 Å². The van der Waals surface area contributed by atoms with Gasteiger partial charge in [0.05, 0.1) is 36.4 Å². The van der Waals surface area contributed by atoms with Crippen LogP contribution in [0.25, 0.3) is 0 Å². The van der Waals surface area contributed by atoms with E-state index in [0.717, 1.165) is 16.3 Å². The van der Waals surface area contributed by atoms with E-state index >= 15 is 0 Å². The lowest BCUT2D eigenvalue weighted by Gasteiger charge is -2.34. The van der Waals surface area contributed by atoms with Gasteiger partial charge in [-0.3, -0.25) is 4.79 Å². The van der Waals surface area contributed by atoms with Gasteiger partial charge in [-0.1, -0.05) is 0 Å².